The van der Waals surface area contributed by atoms with Crippen LogP contribution in [0, 0.1) is 0 Å². The molecule has 0 spiro atoms. The van der Waals surface area contributed by atoms with Gasteiger partial charge in [-0.25, -0.2) is 0 Å². The van der Waals surface area contributed by atoms with Gasteiger partial charge in [-0.3, -0.25) is 14.5 Å². The zero-order chi connectivity index (χ0) is 25.2. The predicted octanol–water partition coefficient (Wildman–Crippen LogP) is 6.01. The van der Waals surface area contributed by atoms with Crippen molar-refractivity contribution in [3.8, 4) is 11.5 Å². The highest BCUT2D eigenvalue weighted by molar-refractivity contribution is 6.06. The van der Waals surface area contributed by atoms with Gasteiger partial charge >= 0.3 is 0 Å². The number of allylic oxidation sites excluding steroid dienone is 1. The number of amides is 1. The zero-order valence-corrected chi connectivity index (χ0v) is 20.8. The quantitative estimate of drug-likeness (QED) is 0.482. The molecule has 0 unspecified atom stereocenters. The van der Waals surface area contributed by atoms with Crippen LogP contribution in [0.1, 0.15) is 49.3 Å². The van der Waals surface area contributed by atoms with E-state index in [9.17, 15) is 9.59 Å². The van der Waals surface area contributed by atoms with Crippen molar-refractivity contribution in [2.24, 2.45) is 0 Å². The number of anilines is 2. The van der Waals surface area contributed by atoms with E-state index in [1.54, 1.807) is 19.1 Å². The van der Waals surface area contributed by atoms with Crippen LogP contribution in [-0.4, -0.2) is 25.9 Å². The van der Waals surface area contributed by atoms with Gasteiger partial charge in [-0.15, -0.1) is 0 Å². The second-order valence-electron chi connectivity index (χ2n) is 9.13. The number of Topliss-reactive ketones (excluding diaryl/α,β-unsaturated/α-hetero) is 1. The van der Waals surface area contributed by atoms with Gasteiger partial charge in [0.2, 0.25) is 5.91 Å². The Kier molecular flexibility index (Phi) is 6.51. The largest absolute Gasteiger partial charge is 0.497 e. The fourth-order valence-electron chi connectivity index (χ4n) is 5.25. The minimum Gasteiger partial charge on any atom is -0.497 e. The van der Waals surface area contributed by atoms with Crippen LogP contribution in [0.4, 0.5) is 11.4 Å². The van der Waals surface area contributed by atoms with Crippen LogP contribution in [0.25, 0.3) is 0 Å². The van der Waals surface area contributed by atoms with Crippen LogP contribution in [0.15, 0.2) is 84.1 Å². The molecule has 0 saturated carbocycles. The summed E-state index contributed by atoms with van der Waals surface area (Å²) in [4.78, 5) is 29.2. The molecule has 3 aromatic carbocycles. The molecule has 0 aromatic heterocycles. The molecular weight excluding hydrogens is 452 g/mol. The van der Waals surface area contributed by atoms with E-state index < -0.39 is 6.04 Å². The fourth-order valence-corrected chi connectivity index (χ4v) is 5.25. The number of nitrogens with one attached hydrogen (secondary N) is 1. The Bertz CT molecular complexity index is 1310. The van der Waals surface area contributed by atoms with Crippen LogP contribution < -0.4 is 19.7 Å². The summed E-state index contributed by atoms with van der Waals surface area (Å²) in [6.45, 7) is 1.85. The maximum atomic E-state index is 13.9. The van der Waals surface area contributed by atoms with E-state index in [2.05, 4.69) is 5.32 Å². The molecule has 2 aliphatic rings. The van der Waals surface area contributed by atoms with Crippen LogP contribution in [0.2, 0.25) is 0 Å². The summed E-state index contributed by atoms with van der Waals surface area (Å²) >= 11 is 0. The van der Waals surface area contributed by atoms with Gasteiger partial charge in [-0.1, -0.05) is 43.3 Å². The smallest absolute Gasteiger partial charge is 0.227 e. The average Bonchev–Trinajstić information content (AvgIpc) is 3.07. The zero-order valence-electron chi connectivity index (χ0n) is 20.8. The third-order valence-electron chi connectivity index (χ3n) is 7.08. The Morgan fingerprint density at radius 2 is 1.50 bits per heavy atom. The van der Waals surface area contributed by atoms with E-state index >= 15 is 0 Å². The van der Waals surface area contributed by atoms with Gasteiger partial charge in [0, 0.05) is 24.1 Å². The van der Waals surface area contributed by atoms with E-state index in [1.165, 1.54) is 0 Å². The summed E-state index contributed by atoms with van der Waals surface area (Å²) in [5, 5.41) is 3.56. The summed E-state index contributed by atoms with van der Waals surface area (Å²) < 4.78 is 10.7. The lowest BCUT2D eigenvalue weighted by molar-refractivity contribution is -0.119. The van der Waals surface area contributed by atoms with Gasteiger partial charge in [0.1, 0.15) is 11.5 Å². The van der Waals surface area contributed by atoms with Crippen LogP contribution in [0.3, 0.4) is 0 Å². The Labute approximate surface area is 211 Å². The average molecular weight is 483 g/mol. The van der Waals surface area contributed by atoms with E-state index in [4.69, 9.17) is 9.47 Å². The summed E-state index contributed by atoms with van der Waals surface area (Å²) in [5.74, 6) is 1.56. The lowest BCUT2D eigenvalue weighted by Gasteiger charge is -2.35. The molecule has 3 aromatic rings. The van der Waals surface area contributed by atoms with E-state index in [0.717, 1.165) is 39.7 Å². The van der Waals surface area contributed by atoms with E-state index in [0.29, 0.717) is 24.8 Å². The molecule has 36 heavy (non-hydrogen) atoms. The fraction of sp³-hybridized carbons (Fsp3) is 0.267. The van der Waals surface area contributed by atoms with Crippen LogP contribution in [0.5, 0.6) is 11.5 Å². The first kappa shape index (κ1) is 23.7. The molecule has 1 heterocycles. The minimum absolute atomic E-state index is 0.0340. The molecular formula is C30H30N2O4. The van der Waals surface area contributed by atoms with Crippen molar-refractivity contribution in [2.75, 3.05) is 24.4 Å². The molecule has 184 valence electrons. The Hall–Kier alpha value is -4.06. The maximum absolute atomic E-state index is 13.9. The van der Waals surface area contributed by atoms with Crippen molar-refractivity contribution in [1.82, 2.24) is 0 Å². The third kappa shape index (κ3) is 4.24. The first-order valence-corrected chi connectivity index (χ1v) is 12.3. The van der Waals surface area contributed by atoms with E-state index in [-0.39, 0.29) is 17.6 Å². The molecule has 1 aliphatic heterocycles. The molecule has 6 heteroatoms. The van der Waals surface area contributed by atoms with Gasteiger partial charge in [0.05, 0.1) is 31.6 Å². The van der Waals surface area contributed by atoms with Crippen molar-refractivity contribution in [2.45, 2.75) is 38.1 Å². The Balaban J connectivity index is 1.66. The summed E-state index contributed by atoms with van der Waals surface area (Å²) in [6, 6.07) is 22.8. The number of rotatable bonds is 5. The number of hydrogen-bond donors (Lipinski definition) is 1. The standard InChI is InChI=1S/C30H30N2O4/c1-4-28(34)32-26-8-6-5-7-24(26)31-25-17-21(19-9-13-22(35-2)14-10-19)18-27(33)29(25)30(32)20-11-15-23(36-3)16-12-20/h5-16,21,30-31H,4,17-18H2,1-3H3/t21-,30-/m0/s1. The van der Waals surface area contributed by atoms with E-state index in [1.807, 2.05) is 79.7 Å². The van der Waals surface area contributed by atoms with Crippen LogP contribution in [-0.2, 0) is 9.59 Å². The molecule has 0 bridgehead atoms. The normalized spacial score (nSPS) is 19.1. The number of fused-ring (bicyclic) bond motifs is 1. The molecule has 6 nitrogen and oxygen atoms in total. The highest BCUT2D eigenvalue weighted by Gasteiger charge is 2.41. The SMILES string of the molecule is CCC(=O)N1c2ccccc2NC2=C(C(=O)C[C@@H](c3ccc(OC)cc3)C2)[C@@H]1c1ccc(OC)cc1. The number of carbonyl (C=O) groups excluding carboxylic acids is 2. The van der Waals surface area contributed by atoms with Gasteiger partial charge in [-0.05, 0) is 59.9 Å². The van der Waals surface area contributed by atoms with Crippen molar-refractivity contribution >= 4 is 23.1 Å². The second kappa shape index (κ2) is 9.90. The van der Waals surface area contributed by atoms with Crippen molar-refractivity contribution < 1.29 is 19.1 Å². The summed E-state index contributed by atoms with van der Waals surface area (Å²) in [5.41, 5.74) is 5.09. The van der Waals surface area contributed by atoms with Crippen molar-refractivity contribution in [1.29, 1.82) is 0 Å². The number of ketones is 1. The topological polar surface area (TPSA) is 67.9 Å². The van der Waals surface area contributed by atoms with Crippen LogP contribution >= 0.6 is 0 Å². The molecule has 0 radical (unpaired) electrons. The number of benzene rings is 3. The highest BCUT2D eigenvalue weighted by atomic mass is 16.5. The summed E-state index contributed by atoms with van der Waals surface area (Å²) in [6.07, 6.45) is 1.37. The molecule has 1 N–H and O–H groups in total. The molecule has 1 aliphatic carbocycles. The maximum Gasteiger partial charge on any atom is 0.227 e. The van der Waals surface area contributed by atoms with Crippen molar-refractivity contribution in [3.63, 3.8) is 0 Å². The lowest BCUT2D eigenvalue weighted by atomic mass is 9.78. The Morgan fingerprint density at radius 1 is 0.889 bits per heavy atom. The minimum atomic E-state index is -0.529. The summed E-state index contributed by atoms with van der Waals surface area (Å²) in [7, 11) is 3.27. The monoisotopic (exact) mass is 482 g/mol. The first-order chi connectivity index (χ1) is 17.5. The molecule has 1 amide bonds. The highest BCUT2D eigenvalue weighted by Crippen LogP contribution is 2.47. The molecule has 0 fully saturated rings. The molecule has 0 saturated heterocycles. The third-order valence-corrected chi connectivity index (χ3v) is 7.08. The first-order valence-electron chi connectivity index (χ1n) is 12.3. The molecule has 5 rings (SSSR count). The Morgan fingerprint density at radius 3 is 2.11 bits per heavy atom. The number of methoxy groups -OCH3 is 2. The number of nitrogens with zero attached hydrogens (tertiary/aromatic N) is 1. The number of ether oxygens (including phenoxy) is 2. The van der Waals surface area contributed by atoms with Gasteiger partial charge in [-0.2, -0.15) is 0 Å². The number of carbonyl (C=O) groups is 2. The second-order valence-corrected chi connectivity index (χ2v) is 9.13. The molecule has 2 atom stereocenters. The number of hydrogen-bond acceptors (Lipinski definition) is 5. The number of para-hydroxylation sites is 2. The van der Waals surface area contributed by atoms with Gasteiger partial charge < -0.3 is 14.8 Å². The predicted molar refractivity (Wildman–Crippen MR) is 141 cm³/mol. The van der Waals surface area contributed by atoms with Gasteiger partial charge in [0.15, 0.2) is 5.78 Å². The van der Waals surface area contributed by atoms with Gasteiger partial charge in [0.25, 0.3) is 0 Å². The van der Waals surface area contributed by atoms with Crippen molar-refractivity contribution in [3.05, 3.63) is 95.2 Å². The lowest BCUT2D eigenvalue weighted by Crippen LogP contribution is -2.38.